The molecule has 2 aromatic heterocycles. The molecule has 1 aromatic carbocycles. The second-order valence-corrected chi connectivity index (χ2v) is 9.38. The highest BCUT2D eigenvalue weighted by molar-refractivity contribution is 7.13. The lowest BCUT2D eigenvalue weighted by atomic mass is 9.78. The van der Waals surface area contributed by atoms with E-state index in [9.17, 15) is 14.4 Å². The first-order chi connectivity index (χ1) is 16.1. The van der Waals surface area contributed by atoms with Crippen LogP contribution in [0.2, 0.25) is 0 Å². The van der Waals surface area contributed by atoms with E-state index in [0.717, 1.165) is 41.9 Å². The molecule has 0 bridgehead atoms. The van der Waals surface area contributed by atoms with E-state index in [1.54, 1.807) is 36.7 Å². The van der Waals surface area contributed by atoms with Crippen molar-refractivity contribution in [3.63, 3.8) is 0 Å². The predicted molar refractivity (Wildman–Crippen MR) is 124 cm³/mol. The minimum absolute atomic E-state index is 0.0350. The third-order valence-electron chi connectivity index (χ3n) is 6.45. The number of nitrogens with zero attached hydrogens (tertiary/aromatic N) is 3. The highest BCUT2D eigenvalue weighted by Gasteiger charge is 2.39. The molecule has 168 valence electrons. The second kappa shape index (κ2) is 9.23. The van der Waals surface area contributed by atoms with Gasteiger partial charge in [0.1, 0.15) is 5.01 Å². The number of hydrogen-bond donors (Lipinski definition) is 1. The van der Waals surface area contributed by atoms with Crippen LogP contribution < -0.4 is 5.32 Å². The molecule has 5 rings (SSSR count). The van der Waals surface area contributed by atoms with Crippen LogP contribution in [0.25, 0.3) is 10.6 Å². The Morgan fingerprint density at radius 2 is 1.82 bits per heavy atom. The fraction of sp³-hybridized carbons (Fsp3) is 0.320. The maximum absolute atomic E-state index is 13.1. The zero-order valence-corrected chi connectivity index (χ0v) is 18.9. The topological polar surface area (TPSA) is 92.3 Å². The van der Waals surface area contributed by atoms with Crippen LogP contribution in [0.1, 0.15) is 52.1 Å². The number of amides is 3. The average molecular weight is 461 g/mol. The van der Waals surface area contributed by atoms with Gasteiger partial charge in [-0.15, -0.1) is 11.3 Å². The number of nitrogens with one attached hydrogen (secondary N) is 1. The second-order valence-electron chi connectivity index (χ2n) is 8.52. The summed E-state index contributed by atoms with van der Waals surface area (Å²) < 4.78 is 0. The quantitative estimate of drug-likeness (QED) is 0.563. The van der Waals surface area contributed by atoms with Crippen molar-refractivity contribution in [3.05, 3.63) is 71.0 Å². The summed E-state index contributed by atoms with van der Waals surface area (Å²) >= 11 is 1.52. The molecule has 1 aliphatic heterocycles. The van der Waals surface area contributed by atoms with E-state index in [-0.39, 0.29) is 36.1 Å². The monoisotopic (exact) mass is 460 g/mol. The zero-order valence-electron chi connectivity index (χ0n) is 18.1. The van der Waals surface area contributed by atoms with Gasteiger partial charge in [0.25, 0.3) is 11.8 Å². The van der Waals surface area contributed by atoms with Gasteiger partial charge in [-0.3, -0.25) is 24.3 Å². The molecular weight excluding hydrogens is 436 g/mol. The van der Waals surface area contributed by atoms with E-state index in [0.29, 0.717) is 17.7 Å². The fourth-order valence-electron chi connectivity index (χ4n) is 4.73. The third kappa shape index (κ3) is 4.30. The number of rotatable bonds is 6. The van der Waals surface area contributed by atoms with Crippen LogP contribution in [-0.2, 0) is 11.3 Å². The van der Waals surface area contributed by atoms with Crippen molar-refractivity contribution in [1.29, 1.82) is 0 Å². The smallest absolute Gasteiger partial charge is 0.261 e. The molecule has 3 aromatic rings. The molecule has 3 amide bonds. The molecule has 7 nitrogen and oxygen atoms in total. The SMILES string of the molecule is O=C(NCc1csc(-c2cccnc2)n1)C1CCCCC1CN1C(=O)c2ccccc2C1=O. The van der Waals surface area contributed by atoms with E-state index in [1.807, 2.05) is 17.5 Å². The van der Waals surface area contributed by atoms with Gasteiger partial charge in [-0.1, -0.05) is 25.0 Å². The van der Waals surface area contributed by atoms with Gasteiger partial charge < -0.3 is 5.32 Å². The van der Waals surface area contributed by atoms with Crippen LogP contribution in [0, 0.1) is 11.8 Å². The summed E-state index contributed by atoms with van der Waals surface area (Å²) in [5.41, 5.74) is 2.66. The van der Waals surface area contributed by atoms with Gasteiger partial charge >= 0.3 is 0 Å². The average Bonchev–Trinajstić information content (AvgIpc) is 3.43. The van der Waals surface area contributed by atoms with Crippen LogP contribution in [0.5, 0.6) is 0 Å². The first-order valence-corrected chi connectivity index (χ1v) is 12.1. The Kier molecular flexibility index (Phi) is 6.00. The van der Waals surface area contributed by atoms with E-state index in [2.05, 4.69) is 15.3 Å². The summed E-state index contributed by atoms with van der Waals surface area (Å²) in [6, 6.07) is 10.7. The lowest BCUT2D eigenvalue weighted by Gasteiger charge is -2.32. The minimum atomic E-state index is -0.259. The van der Waals surface area contributed by atoms with Gasteiger partial charge in [-0.25, -0.2) is 4.98 Å². The molecule has 2 atom stereocenters. The first kappa shape index (κ1) is 21.5. The van der Waals surface area contributed by atoms with Crippen molar-refractivity contribution in [2.75, 3.05) is 6.54 Å². The van der Waals surface area contributed by atoms with Gasteiger partial charge in [0.2, 0.25) is 5.91 Å². The number of imide groups is 1. The molecule has 3 heterocycles. The number of carbonyl (C=O) groups excluding carboxylic acids is 3. The predicted octanol–water partition coefficient (Wildman–Crippen LogP) is 3.92. The summed E-state index contributed by atoms with van der Waals surface area (Å²) in [6.45, 7) is 0.637. The molecule has 1 aliphatic carbocycles. The van der Waals surface area contributed by atoms with Crippen molar-refractivity contribution >= 4 is 29.1 Å². The van der Waals surface area contributed by atoms with Crippen molar-refractivity contribution in [1.82, 2.24) is 20.2 Å². The minimum Gasteiger partial charge on any atom is -0.350 e. The Morgan fingerprint density at radius 3 is 2.55 bits per heavy atom. The number of fused-ring (bicyclic) bond motifs is 1. The summed E-state index contributed by atoms with van der Waals surface area (Å²) in [5, 5.41) is 5.84. The zero-order chi connectivity index (χ0) is 22.8. The summed E-state index contributed by atoms with van der Waals surface area (Å²) in [6.07, 6.45) is 7.05. The van der Waals surface area contributed by atoms with E-state index < -0.39 is 0 Å². The first-order valence-electron chi connectivity index (χ1n) is 11.2. The highest BCUT2D eigenvalue weighted by Crippen LogP contribution is 2.33. The number of thiazole rings is 1. The number of benzene rings is 1. The molecule has 0 spiro atoms. The van der Waals surface area contributed by atoms with Crippen molar-refractivity contribution in [3.8, 4) is 10.6 Å². The maximum Gasteiger partial charge on any atom is 0.261 e. The fourth-order valence-corrected chi connectivity index (χ4v) is 5.54. The number of carbonyl (C=O) groups is 3. The summed E-state index contributed by atoms with van der Waals surface area (Å²) in [5.74, 6) is -0.814. The van der Waals surface area contributed by atoms with Crippen molar-refractivity contribution in [2.45, 2.75) is 32.2 Å². The Morgan fingerprint density at radius 1 is 1.06 bits per heavy atom. The molecule has 33 heavy (non-hydrogen) atoms. The van der Waals surface area contributed by atoms with Gasteiger partial charge in [-0.05, 0) is 43.0 Å². The van der Waals surface area contributed by atoms with E-state index >= 15 is 0 Å². The molecule has 1 fully saturated rings. The van der Waals surface area contributed by atoms with Gasteiger partial charge in [-0.2, -0.15) is 0 Å². The Bertz CT molecular complexity index is 1160. The largest absolute Gasteiger partial charge is 0.350 e. The third-order valence-corrected chi connectivity index (χ3v) is 7.39. The molecular formula is C25H24N4O3S. The number of pyridine rings is 1. The van der Waals surface area contributed by atoms with E-state index in [4.69, 9.17) is 0 Å². The normalized spacial score (nSPS) is 20.1. The molecule has 2 unspecified atom stereocenters. The van der Waals surface area contributed by atoms with Crippen LogP contribution >= 0.6 is 11.3 Å². The van der Waals surface area contributed by atoms with Crippen molar-refractivity contribution in [2.24, 2.45) is 11.8 Å². The molecule has 0 radical (unpaired) electrons. The van der Waals surface area contributed by atoms with E-state index in [1.165, 1.54) is 16.2 Å². The highest BCUT2D eigenvalue weighted by atomic mass is 32.1. The van der Waals surface area contributed by atoms with Crippen LogP contribution in [0.3, 0.4) is 0 Å². The molecule has 8 heteroatoms. The lowest BCUT2D eigenvalue weighted by Crippen LogP contribution is -2.43. The summed E-state index contributed by atoms with van der Waals surface area (Å²) in [7, 11) is 0. The van der Waals surface area contributed by atoms with Gasteiger partial charge in [0.05, 0.1) is 23.4 Å². The molecule has 2 aliphatic rings. The molecule has 1 saturated carbocycles. The Balaban J connectivity index is 1.23. The van der Waals surface area contributed by atoms with Crippen LogP contribution in [-0.4, -0.2) is 39.1 Å². The standard InChI is InChI=1S/C25H24N4O3S/c30-22(27-13-18-15-33-23(28-18)16-7-5-11-26-12-16)19-8-2-1-6-17(19)14-29-24(31)20-9-3-4-10-21(20)25(29)32/h3-5,7,9-12,15,17,19H,1-2,6,8,13-14H2,(H,27,30). The summed E-state index contributed by atoms with van der Waals surface area (Å²) in [4.78, 5) is 48.7. The van der Waals surface area contributed by atoms with Gasteiger partial charge in [0, 0.05) is 35.8 Å². The lowest BCUT2D eigenvalue weighted by molar-refractivity contribution is -0.128. The van der Waals surface area contributed by atoms with Crippen LogP contribution in [0.15, 0.2) is 54.2 Å². The van der Waals surface area contributed by atoms with Crippen molar-refractivity contribution < 1.29 is 14.4 Å². The maximum atomic E-state index is 13.1. The molecule has 1 N–H and O–H groups in total. The van der Waals surface area contributed by atoms with Crippen LogP contribution in [0.4, 0.5) is 0 Å². The number of aromatic nitrogens is 2. The Hall–Kier alpha value is -3.39. The Labute approximate surface area is 195 Å². The van der Waals surface area contributed by atoms with Gasteiger partial charge in [0.15, 0.2) is 0 Å². The molecule has 0 saturated heterocycles. The number of hydrogen-bond acceptors (Lipinski definition) is 6.